The lowest BCUT2D eigenvalue weighted by Crippen LogP contribution is -1.93. The summed E-state index contributed by atoms with van der Waals surface area (Å²) in [6.45, 7) is 7.46. The Morgan fingerprint density at radius 1 is 0.647 bits per heavy atom. The molecule has 1 radical (unpaired) electrons. The lowest BCUT2D eigenvalue weighted by atomic mass is 10.1. The van der Waals surface area contributed by atoms with Crippen LogP contribution in [0.1, 0.15) is 84.0 Å². The normalized spacial score (nSPS) is 10.9. The van der Waals surface area contributed by atoms with Gasteiger partial charge in [0, 0.05) is 13.2 Å². The van der Waals surface area contributed by atoms with Gasteiger partial charge in [-0.1, -0.05) is 77.6 Å². The predicted molar refractivity (Wildman–Crippen MR) is 77.3 cm³/mol. The summed E-state index contributed by atoms with van der Waals surface area (Å²) in [5.41, 5.74) is 0. The quantitative estimate of drug-likeness (QED) is 0.363. The largest absolute Gasteiger partial charge is 0.381 e. The summed E-state index contributed by atoms with van der Waals surface area (Å²) in [4.78, 5) is 0. The predicted octanol–water partition coefficient (Wildman–Crippen LogP) is 5.54. The van der Waals surface area contributed by atoms with E-state index >= 15 is 0 Å². The molecule has 0 saturated carbocycles. The van der Waals surface area contributed by atoms with Crippen molar-refractivity contribution in [1.82, 2.24) is 0 Å². The molecule has 0 amide bonds. The van der Waals surface area contributed by atoms with Gasteiger partial charge in [-0.15, -0.1) is 0 Å². The van der Waals surface area contributed by atoms with Gasteiger partial charge in [0.1, 0.15) is 0 Å². The highest BCUT2D eigenvalue weighted by atomic mass is 16.5. The molecular formula is C16H33O. The number of hydrogen-bond donors (Lipinski definition) is 0. The van der Waals surface area contributed by atoms with Crippen molar-refractivity contribution in [1.29, 1.82) is 0 Å². The Morgan fingerprint density at radius 3 is 1.47 bits per heavy atom. The summed E-state index contributed by atoms with van der Waals surface area (Å²) in [6.07, 6.45) is 16.8. The first-order valence-electron chi connectivity index (χ1n) is 7.78. The van der Waals surface area contributed by atoms with Crippen molar-refractivity contribution < 1.29 is 4.74 Å². The Labute approximate surface area is 109 Å². The van der Waals surface area contributed by atoms with Crippen molar-refractivity contribution in [3.63, 3.8) is 0 Å². The topological polar surface area (TPSA) is 9.23 Å². The van der Waals surface area contributed by atoms with Crippen molar-refractivity contribution in [2.24, 2.45) is 0 Å². The SMILES string of the molecule is [CH2]COCCCCCCCCCCCCCC. The van der Waals surface area contributed by atoms with Crippen LogP contribution < -0.4 is 0 Å². The molecule has 0 aromatic carbocycles. The smallest absolute Gasteiger partial charge is 0.0466 e. The summed E-state index contributed by atoms with van der Waals surface area (Å²) in [6, 6.07) is 0. The third-order valence-electron chi connectivity index (χ3n) is 3.29. The van der Waals surface area contributed by atoms with Gasteiger partial charge in [-0.3, -0.25) is 0 Å². The van der Waals surface area contributed by atoms with Gasteiger partial charge in [-0.05, 0) is 13.3 Å². The molecule has 0 aliphatic heterocycles. The first kappa shape index (κ1) is 17.0. The van der Waals surface area contributed by atoms with E-state index in [0.29, 0.717) is 6.61 Å². The van der Waals surface area contributed by atoms with E-state index in [0.717, 1.165) is 6.61 Å². The van der Waals surface area contributed by atoms with E-state index in [1.165, 1.54) is 77.0 Å². The van der Waals surface area contributed by atoms with Crippen LogP contribution in [0.4, 0.5) is 0 Å². The molecule has 0 aromatic heterocycles. The van der Waals surface area contributed by atoms with Crippen molar-refractivity contribution in [2.45, 2.75) is 84.0 Å². The summed E-state index contributed by atoms with van der Waals surface area (Å²) < 4.78 is 5.21. The second kappa shape index (κ2) is 16.0. The molecule has 0 N–H and O–H groups in total. The molecule has 0 saturated heterocycles. The van der Waals surface area contributed by atoms with E-state index in [9.17, 15) is 0 Å². The third kappa shape index (κ3) is 16.0. The van der Waals surface area contributed by atoms with Gasteiger partial charge < -0.3 is 4.74 Å². The summed E-state index contributed by atoms with van der Waals surface area (Å²) in [7, 11) is 0. The van der Waals surface area contributed by atoms with E-state index in [-0.39, 0.29) is 0 Å². The molecule has 0 aromatic rings. The van der Waals surface area contributed by atoms with E-state index < -0.39 is 0 Å². The van der Waals surface area contributed by atoms with E-state index in [1.807, 2.05) is 0 Å². The van der Waals surface area contributed by atoms with Gasteiger partial charge in [-0.2, -0.15) is 0 Å². The molecule has 0 aliphatic rings. The summed E-state index contributed by atoms with van der Waals surface area (Å²) >= 11 is 0. The van der Waals surface area contributed by atoms with Crippen LogP contribution in [0.15, 0.2) is 0 Å². The summed E-state index contributed by atoms with van der Waals surface area (Å²) in [5, 5.41) is 0. The highest BCUT2D eigenvalue weighted by molar-refractivity contribution is 4.48. The molecule has 103 valence electrons. The number of hydrogen-bond acceptors (Lipinski definition) is 1. The standard InChI is InChI=1S/C16H33O/c1-3-5-6-7-8-9-10-11-12-13-14-15-16-17-4-2/h2-16H2,1H3. The second-order valence-electron chi connectivity index (χ2n) is 5.00. The van der Waals surface area contributed by atoms with Gasteiger partial charge in [-0.25, -0.2) is 0 Å². The Hall–Kier alpha value is -0.0400. The fraction of sp³-hybridized carbons (Fsp3) is 0.938. The van der Waals surface area contributed by atoms with Gasteiger partial charge in [0.2, 0.25) is 0 Å². The number of ether oxygens (including phenoxy) is 1. The lowest BCUT2D eigenvalue weighted by molar-refractivity contribution is 0.156. The first-order valence-corrected chi connectivity index (χ1v) is 7.78. The maximum atomic E-state index is 5.21. The van der Waals surface area contributed by atoms with Crippen LogP contribution in [0.3, 0.4) is 0 Å². The van der Waals surface area contributed by atoms with Crippen LogP contribution in [-0.2, 0) is 4.74 Å². The molecule has 0 spiro atoms. The minimum absolute atomic E-state index is 0.623. The maximum Gasteiger partial charge on any atom is 0.0466 e. The minimum Gasteiger partial charge on any atom is -0.381 e. The Morgan fingerprint density at radius 2 is 1.06 bits per heavy atom. The van der Waals surface area contributed by atoms with Crippen LogP contribution in [0.2, 0.25) is 0 Å². The average Bonchev–Trinajstić information content (AvgIpc) is 2.35. The maximum absolute atomic E-state index is 5.21. The molecule has 0 bridgehead atoms. The fourth-order valence-corrected chi connectivity index (χ4v) is 2.15. The van der Waals surface area contributed by atoms with Crippen molar-refractivity contribution in [3.8, 4) is 0 Å². The van der Waals surface area contributed by atoms with Gasteiger partial charge in [0.05, 0.1) is 0 Å². The second-order valence-corrected chi connectivity index (χ2v) is 5.00. The Balaban J connectivity index is 2.85. The van der Waals surface area contributed by atoms with Crippen LogP contribution in [0.5, 0.6) is 0 Å². The zero-order valence-corrected chi connectivity index (χ0v) is 12.0. The highest BCUT2D eigenvalue weighted by Crippen LogP contribution is 2.11. The van der Waals surface area contributed by atoms with E-state index in [2.05, 4.69) is 13.8 Å². The van der Waals surface area contributed by atoms with Gasteiger partial charge in [0.25, 0.3) is 0 Å². The number of unbranched alkanes of at least 4 members (excludes halogenated alkanes) is 11. The van der Waals surface area contributed by atoms with Crippen LogP contribution >= 0.6 is 0 Å². The monoisotopic (exact) mass is 241 g/mol. The van der Waals surface area contributed by atoms with Gasteiger partial charge >= 0.3 is 0 Å². The molecule has 17 heavy (non-hydrogen) atoms. The van der Waals surface area contributed by atoms with Crippen LogP contribution in [-0.4, -0.2) is 13.2 Å². The fourth-order valence-electron chi connectivity index (χ4n) is 2.15. The number of rotatable bonds is 14. The molecule has 0 unspecified atom stereocenters. The van der Waals surface area contributed by atoms with Crippen molar-refractivity contribution in [2.75, 3.05) is 13.2 Å². The van der Waals surface area contributed by atoms with E-state index in [4.69, 9.17) is 4.74 Å². The first-order chi connectivity index (χ1) is 8.41. The molecule has 0 heterocycles. The third-order valence-corrected chi connectivity index (χ3v) is 3.29. The van der Waals surface area contributed by atoms with E-state index in [1.54, 1.807) is 0 Å². The Bertz CT molecular complexity index is 109. The molecule has 0 atom stereocenters. The lowest BCUT2D eigenvalue weighted by Gasteiger charge is -2.03. The molecule has 0 rings (SSSR count). The molecule has 0 fully saturated rings. The molecule has 1 nitrogen and oxygen atoms in total. The summed E-state index contributed by atoms with van der Waals surface area (Å²) in [5.74, 6) is 0. The van der Waals surface area contributed by atoms with Crippen LogP contribution in [0.25, 0.3) is 0 Å². The molecule has 1 heteroatoms. The van der Waals surface area contributed by atoms with Crippen molar-refractivity contribution in [3.05, 3.63) is 6.92 Å². The minimum atomic E-state index is 0.623. The molecule has 0 aliphatic carbocycles. The van der Waals surface area contributed by atoms with Gasteiger partial charge in [0.15, 0.2) is 0 Å². The average molecular weight is 241 g/mol. The highest BCUT2D eigenvalue weighted by Gasteiger charge is 1.93. The van der Waals surface area contributed by atoms with Crippen LogP contribution in [0, 0.1) is 6.92 Å². The van der Waals surface area contributed by atoms with Crippen molar-refractivity contribution >= 4 is 0 Å². The molecular weight excluding hydrogens is 208 g/mol. The Kier molecular flexibility index (Phi) is 15.9. The zero-order valence-electron chi connectivity index (χ0n) is 12.0. The zero-order chi connectivity index (χ0) is 12.6.